The van der Waals surface area contributed by atoms with E-state index in [-0.39, 0.29) is 18.4 Å². The van der Waals surface area contributed by atoms with Crippen LogP contribution < -0.4 is 10.1 Å². The minimum Gasteiger partial charge on any atom is -0.497 e. The third-order valence-electron chi connectivity index (χ3n) is 5.54. The molecular formula is C22H32N4O3. The van der Waals surface area contributed by atoms with Crippen molar-refractivity contribution >= 4 is 17.5 Å². The Morgan fingerprint density at radius 3 is 2.79 bits per heavy atom. The van der Waals surface area contributed by atoms with Crippen LogP contribution in [0.25, 0.3) is 0 Å². The second kappa shape index (κ2) is 10.4. The van der Waals surface area contributed by atoms with Gasteiger partial charge in [-0.05, 0) is 68.1 Å². The summed E-state index contributed by atoms with van der Waals surface area (Å²) in [4.78, 5) is 26.9. The van der Waals surface area contributed by atoms with Crippen LogP contribution in [-0.2, 0) is 9.59 Å². The molecule has 1 fully saturated rings. The lowest BCUT2D eigenvalue weighted by molar-refractivity contribution is -0.136. The number of methoxy groups -OCH3 is 1. The molecule has 7 nitrogen and oxygen atoms in total. The number of likely N-dealkylation sites (tertiary alicyclic amines) is 1. The van der Waals surface area contributed by atoms with Gasteiger partial charge in [-0.2, -0.15) is 5.10 Å². The molecule has 158 valence electrons. The molecule has 7 heteroatoms. The Morgan fingerprint density at radius 2 is 2.07 bits per heavy atom. The average Bonchev–Trinajstić information content (AvgIpc) is 2.73. The number of hydrogen-bond acceptors (Lipinski definition) is 5. The SMILES string of the molecule is COc1ccc(C2=NN(CC(=O)NCCCN3CCC[C@@H](C)C3)C(=O)CC2)cc1. The molecule has 0 aliphatic carbocycles. The molecule has 2 amide bonds. The van der Waals surface area contributed by atoms with Crippen molar-refractivity contribution in [3.05, 3.63) is 29.8 Å². The van der Waals surface area contributed by atoms with E-state index in [4.69, 9.17) is 4.74 Å². The zero-order valence-electron chi connectivity index (χ0n) is 17.5. The van der Waals surface area contributed by atoms with E-state index in [2.05, 4.69) is 22.2 Å². The number of piperidine rings is 1. The first-order valence-electron chi connectivity index (χ1n) is 10.6. The van der Waals surface area contributed by atoms with Gasteiger partial charge in [-0.15, -0.1) is 0 Å². The summed E-state index contributed by atoms with van der Waals surface area (Å²) in [5, 5.41) is 8.65. The molecule has 1 aromatic rings. The molecule has 1 aromatic carbocycles. The summed E-state index contributed by atoms with van der Waals surface area (Å²) >= 11 is 0. The molecule has 3 rings (SSSR count). The van der Waals surface area contributed by atoms with Crippen molar-refractivity contribution in [1.29, 1.82) is 0 Å². The summed E-state index contributed by atoms with van der Waals surface area (Å²) < 4.78 is 5.18. The van der Waals surface area contributed by atoms with Crippen molar-refractivity contribution < 1.29 is 14.3 Å². The third kappa shape index (κ3) is 6.29. The van der Waals surface area contributed by atoms with E-state index in [0.717, 1.165) is 49.0 Å². The Morgan fingerprint density at radius 1 is 1.28 bits per heavy atom. The summed E-state index contributed by atoms with van der Waals surface area (Å²) in [6, 6.07) is 7.59. The van der Waals surface area contributed by atoms with E-state index in [1.165, 1.54) is 17.9 Å². The highest BCUT2D eigenvalue weighted by Crippen LogP contribution is 2.18. The average molecular weight is 401 g/mol. The van der Waals surface area contributed by atoms with Gasteiger partial charge in [0, 0.05) is 25.9 Å². The standard InChI is InChI=1S/C22H32N4O3/c1-17-5-3-13-25(15-17)14-4-12-23-21(27)16-26-22(28)11-10-20(24-26)18-6-8-19(29-2)9-7-18/h6-9,17H,3-5,10-16H2,1-2H3,(H,23,27)/t17-/m1/s1. The number of carbonyl (C=O) groups is 2. The summed E-state index contributed by atoms with van der Waals surface area (Å²) in [6.07, 6.45) is 4.45. The van der Waals surface area contributed by atoms with Gasteiger partial charge in [0.2, 0.25) is 11.8 Å². The fourth-order valence-corrected chi connectivity index (χ4v) is 3.93. The van der Waals surface area contributed by atoms with Gasteiger partial charge in [-0.25, -0.2) is 5.01 Å². The van der Waals surface area contributed by atoms with Crippen molar-refractivity contribution in [1.82, 2.24) is 15.2 Å². The van der Waals surface area contributed by atoms with Gasteiger partial charge >= 0.3 is 0 Å². The molecule has 0 bridgehead atoms. The lowest BCUT2D eigenvalue weighted by atomic mass is 10.0. The molecule has 0 aromatic heterocycles. The predicted octanol–water partition coefficient (Wildman–Crippen LogP) is 2.26. The van der Waals surface area contributed by atoms with E-state index in [1.54, 1.807) is 7.11 Å². The van der Waals surface area contributed by atoms with Gasteiger partial charge in [0.05, 0.1) is 12.8 Å². The van der Waals surface area contributed by atoms with Crippen LogP contribution in [0.3, 0.4) is 0 Å². The van der Waals surface area contributed by atoms with Crippen LogP contribution in [0.1, 0.15) is 44.6 Å². The first-order valence-corrected chi connectivity index (χ1v) is 10.6. The Hall–Kier alpha value is -2.41. The Bertz CT molecular complexity index is 732. The molecule has 0 saturated carbocycles. The first kappa shape index (κ1) is 21.3. The molecule has 0 unspecified atom stereocenters. The second-order valence-corrected chi connectivity index (χ2v) is 7.98. The Labute approximate surface area is 173 Å². The monoisotopic (exact) mass is 400 g/mol. The largest absolute Gasteiger partial charge is 0.497 e. The predicted molar refractivity (Wildman–Crippen MR) is 113 cm³/mol. The molecule has 2 aliphatic heterocycles. The number of hydrazone groups is 1. The highest BCUT2D eigenvalue weighted by molar-refractivity contribution is 6.04. The Balaban J connectivity index is 1.46. The molecule has 1 atom stereocenters. The van der Waals surface area contributed by atoms with Gasteiger partial charge < -0.3 is 15.0 Å². The zero-order chi connectivity index (χ0) is 20.6. The van der Waals surface area contributed by atoms with Crippen molar-refractivity contribution in [3.63, 3.8) is 0 Å². The first-order chi connectivity index (χ1) is 14.0. The molecular weight excluding hydrogens is 368 g/mol. The van der Waals surface area contributed by atoms with Crippen LogP contribution >= 0.6 is 0 Å². The number of rotatable bonds is 8. The van der Waals surface area contributed by atoms with Crippen LogP contribution in [0.15, 0.2) is 29.4 Å². The van der Waals surface area contributed by atoms with Crippen molar-refractivity contribution in [2.45, 2.75) is 39.0 Å². The van der Waals surface area contributed by atoms with Crippen LogP contribution in [0, 0.1) is 5.92 Å². The van der Waals surface area contributed by atoms with Crippen LogP contribution in [-0.4, -0.2) is 67.3 Å². The molecule has 0 radical (unpaired) electrons. The van der Waals surface area contributed by atoms with Gasteiger partial charge in [-0.3, -0.25) is 9.59 Å². The van der Waals surface area contributed by atoms with E-state index in [1.807, 2.05) is 24.3 Å². The maximum absolute atomic E-state index is 12.3. The van der Waals surface area contributed by atoms with Crippen molar-refractivity contribution in [3.8, 4) is 5.75 Å². The number of nitrogens with one attached hydrogen (secondary N) is 1. The number of benzene rings is 1. The zero-order valence-corrected chi connectivity index (χ0v) is 17.5. The van der Waals surface area contributed by atoms with Crippen LogP contribution in [0.4, 0.5) is 0 Å². The minimum absolute atomic E-state index is 0.0285. The maximum atomic E-state index is 12.3. The molecule has 0 spiro atoms. The fourth-order valence-electron chi connectivity index (χ4n) is 3.93. The highest BCUT2D eigenvalue weighted by Gasteiger charge is 2.23. The number of carbonyl (C=O) groups excluding carboxylic acids is 2. The summed E-state index contributed by atoms with van der Waals surface area (Å²) in [6.45, 7) is 6.21. The Kier molecular flexibility index (Phi) is 7.63. The lowest BCUT2D eigenvalue weighted by Gasteiger charge is -2.30. The molecule has 2 aliphatic rings. The molecule has 29 heavy (non-hydrogen) atoms. The minimum atomic E-state index is -0.162. The lowest BCUT2D eigenvalue weighted by Crippen LogP contribution is -2.41. The van der Waals surface area contributed by atoms with E-state index in [0.29, 0.717) is 19.4 Å². The fraction of sp³-hybridized carbons (Fsp3) is 0.591. The van der Waals surface area contributed by atoms with Gasteiger partial charge in [-0.1, -0.05) is 6.92 Å². The summed E-state index contributed by atoms with van der Waals surface area (Å²) in [5.74, 6) is 1.27. The third-order valence-corrected chi connectivity index (χ3v) is 5.54. The maximum Gasteiger partial charge on any atom is 0.243 e. The van der Waals surface area contributed by atoms with E-state index >= 15 is 0 Å². The van der Waals surface area contributed by atoms with Crippen LogP contribution in [0.5, 0.6) is 5.75 Å². The summed E-state index contributed by atoms with van der Waals surface area (Å²) in [5.41, 5.74) is 1.76. The highest BCUT2D eigenvalue weighted by atomic mass is 16.5. The normalized spacial score (nSPS) is 20.3. The van der Waals surface area contributed by atoms with Gasteiger partial charge in [0.1, 0.15) is 12.3 Å². The molecule has 1 N–H and O–H groups in total. The van der Waals surface area contributed by atoms with Crippen molar-refractivity contribution in [2.75, 3.05) is 39.8 Å². The van der Waals surface area contributed by atoms with E-state index in [9.17, 15) is 9.59 Å². The number of hydrogen-bond donors (Lipinski definition) is 1. The van der Waals surface area contributed by atoms with Crippen LogP contribution in [0.2, 0.25) is 0 Å². The van der Waals surface area contributed by atoms with Gasteiger partial charge in [0.15, 0.2) is 0 Å². The molecule has 2 heterocycles. The number of amides is 2. The van der Waals surface area contributed by atoms with E-state index < -0.39 is 0 Å². The second-order valence-electron chi connectivity index (χ2n) is 7.98. The smallest absolute Gasteiger partial charge is 0.243 e. The van der Waals surface area contributed by atoms with Crippen molar-refractivity contribution in [2.24, 2.45) is 11.0 Å². The topological polar surface area (TPSA) is 74.2 Å². The number of ether oxygens (including phenoxy) is 1. The molecule has 1 saturated heterocycles. The quantitative estimate of drug-likeness (QED) is 0.680. The van der Waals surface area contributed by atoms with Gasteiger partial charge in [0.25, 0.3) is 0 Å². The summed E-state index contributed by atoms with van der Waals surface area (Å²) in [7, 11) is 1.62. The number of nitrogens with zero attached hydrogens (tertiary/aromatic N) is 3.